The van der Waals surface area contributed by atoms with E-state index in [4.69, 9.17) is 10.2 Å². The molecule has 0 aromatic heterocycles. The van der Waals surface area contributed by atoms with Gasteiger partial charge in [0.15, 0.2) is 0 Å². The van der Waals surface area contributed by atoms with Gasteiger partial charge in [-0.1, -0.05) is 0 Å². The van der Waals surface area contributed by atoms with Crippen molar-refractivity contribution in [2.75, 3.05) is 0 Å². The number of rotatable bonds is 16. The summed E-state index contributed by atoms with van der Waals surface area (Å²) in [7, 11) is 0. The van der Waals surface area contributed by atoms with Gasteiger partial charge in [0.05, 0.1) is 0 Å². The quantitative estimate of drug-likeness (QED) is 0.168. The number of carbonyl (C=O) groups is 2. The Morgan fingerprint density at radius 3 is 1.28 bits per heavy atom. The van der Waals surface area contributed by atoms with Crippen LogP contribution in [-0.2, 0) is 9.59 Å². The van der Waals surface area contributed by atoms with Crippen molar-refractivity contribution in [2.45, 2.75) is 99.6 Å². The molecule has 0 fully saturated rings. The maximum absolute atomic E-state index is 9.55. The second-order valence-electron chi connectivity index (χ2n) is 6.22. The van der Waals surface area contributed by atoms with Crippen LogP contribution in [0.1, 0.15) is 90.9 Å². The van der Waals surface area contributed by atoms with Crippen LogP contribution in [0.3, 0.4) is 0 Å². The molecule has 5 heteroatoms. The van der Waals surface area contributed by atoms with Gasteiger partial charge in [0.2, 0.25) is 0 Å². The second kappa shape index (κ2) is 23.5. The van der Waals surface area contributed by atoms with Crippen molar-refractivity contribution in [2.24, 2.45) is 0 Å². The summed E-state index contributed by atoms with van der Waals surface area (Å²) < 4.78 is 3.27. The minimum absolute atomic E-state index is 0.240. The number of unbranched alkanes of at least 4 members (excludes halogenated alkanes) is 10. The van der Waals surface area contributed by atoms with E-state index in [9.17, 15) is 9.59 Å². The van der Waals surface area contributed by atoms with Crippen molar-refractivity contribution in [1.82, 2.24) is 0 Å². The van der Waals surface area contributed by atoms with Gasteiger partial charge in [-0.3, -0.25) is 0 Å². The van der Waals surface area contributed by atoms with E-state index < -0.39 is 11.9 Å². The van der Waals surface area contributed by atoms with Gasteiger partial charge < -0.3 is 10.2 Å². The van der Waals surface area contributed by atoms with Crippen LogP contribution in [0, 0.1) is 0 Å². The zero-order valence-corrected chi connectivity index (χ0v) is 18.8. The standard InChI is InChI=1S/2C8H17.C4H4O4.Sb/c2*1-3-5-7-8-6-4-2;5-3(6)1-2-4(7)8;/h2*1,3-8H2,2H3;1-2H,(H,5,6)(H,7,8);/b;;2-1-;. The summed E-state index contributed by atoms with van der Waals surface area (Å²) in [6, 6.07) is 0. The number of aliphatic carboxylic acids is 2. The van der Waals surface area contributed by atoms with E-state index in [1.165, 1.54) is 64.2 Å². The third kappa shape index (κ3) is 31.7. The van der Waals surface area contributed by atoms with Crippen LogP contribution in [0.2, 0.25) is 8.73 Å². The van der Waals surface area contributed by atoms with E-state index in [-0.39, 0.29) is 21.6 Å². The van der Waals surface area contributed by atoms with Crippen molar-refractivity contribution in [3.8, 4) is 0 Å². The van der Waals surface area contributed by atoms with Gasteiger partial charge in [-0.05, 0) is 0 Å². The summed E-state index contributed by atoms with van der Waals surface area (Å²) in [5.74, 6) is -2.51. The molecule has 0 aliphatic rings. The second-order valence-corrected chi connectivity index (χ2v) is 10.0. The SMILES string of the molecule is CCCCCCC[CH2][Sb][CH2]CCCCCCC.O=C(O)/C=C\C(=O)O. The molecule has 4 nitrogen and oxygen atoms in total. The molecule has 0 aromatic rings. The van der Waals surface area contributed by atoms with Gasteiger partial charge in [0, 0.05) is 12.2 Å². The maximum Gasteiger partial charge on any atom is 0.328 e. The van der Waals surface area contributed by atoms with Crippen LogP contribution in [0.4, 0.5) is 0 Å². The third-order valence-electron chi connectivity index (χ3n) is 3.71. The van der Waals surface area contributed by atoms with Crippen molar-refractivity contribution in [3.05, 3.63) is 12.2 Å². The zero-order chi connectivity index (χ0) is 19.2. The Morgan fingerprint density at radius 1 is 0.640 bits per heavy atom. The average molecular weight is 464 g/mol. The largest absolute Gasteiger partial charge is 0.478 e. The van der Waals surface area contributed by atoms with Crippen molar-refractivity contribution >= 4 is 33.6 Å². The fourth-order valence-corrected chi connectivity index (χ4v) is 5.45. The molecule has 0 heterocycles. The molecule has 0 saturated carbocycles. The summed E-state index contributed by atoms with van der Waals surface area (Å²) in [6.07, 6.45) is 18.9. The van der Waals surface area contributed by atoms with Gasteiger partial charge in [-0.2, -0.15) is 0 Å². The fraction of sp³-hybridized carbons (Fsp3) is 0.800. The Hall–Kier alpha value is -0.502. The van der Waals surface area contributed by atoms with Crippen LogP contribution >= 0.6 is 0 Å². The molecule has 147 valence electrons. The first-order valence-corrected chi connectivity index (χ1v) is 13.4. The molecule has 0 aliphatic heterocycles. The van der Waals surface area contributed by atoms with E-state index >= 15 is 0 Å². The van der Waals surface area contributed by atoms with E-state index in [1.807, 2.05) is 0 Å². The predicted molar refractivity (Wildman–Crippen MR) is 107 cm³/mol. The summed E-state index contributed by atoms with van der Waals surface area (Å²) in [6.45, 7) is 4.60. The van der Waals surface area contributed by atoms with Gasteiger partial charge >= 0.3 is 133 Å². The van der Waals surface area contributed by atoms with Crippen LogP contribution < -0.4 is 0 Å². The Morgan fingerprint density at radius 2 is 0.960 bits per heavy atom. The molecule has 1 radical (unpaired) electrons. The van der Waals surface area contributed by atoms with Gasteiger partial charge in [-0.25, -0.2) is 9.59 Å². The molecule has 0 spiro atoms. The molecule has 0 rings (SSSR count). The predicted octanol–water partition coefficient (Wildman–Crippen LogP) is 5.96. The van der Waals surface area contributed by atoms with Gasteiger partial charge in [-0.15, -0.1) is 0 Å². The van der Waals surface area contributed by atoms with Crippen LogP contribution in [-0.4, -0.2) is 43.8 Å². The van der Waals surface area contributed by atoms with E-state index in [1.54, 1.807) is 21.6 Å². The fourth-order valence-electron chi connectivity index (χ4n) is 2.26. The maximum atomic E-state index is 9.55. The Balaban J connectivity index is 0. The number of carboxylic acid groups (broad SMARTS) is 2. The third-order valence-corrected chi connectivity index (χ3v) is 7.32. The van der Waals surface area contributed by atoms with Crippen LogP contribution in [0.15, 0.2) is 12.2 Å². The Labute approximate surface area is 165 Å². The zero-order valence-electron chi connectivity index (χ0n) is 16.2. The molecule has 0 atom stereocenters. The van der Waals surface area contributed by atoms with E-state index in [0.717, 1.165) is 0 Å². The minimum Gasteiger partial charge on any atom is -0.478 e. The summed E-state index contributed by atoms with van der Waals surface area (Å²) in [5, 5.41) is 15.6. The monoisotopic (exact) mass is 463 g/mol. The Kier molecular flexibility index (Phi) is 25.1. The molecule has 0 bridgehead atoms. The number of hydrogen-bond acceptors (Lipinski definition) is 2. The van der Waals surface area contributed by atoms with Crippen molar-refractivity contribution in [1.29, 1.82) is 0 Å². The first-order valence-electron chi connectivity index (χ1n) is 9.81. The molecular weight excluding hydrogens is 426 g/mol. The summed E-state index contributed by atoms with van der Waals surface area (Å²) in [5.41, 5.74) is 0. The van der Waals surface area contributed by atoms with Crippen molar-refractivity contribution < 1.29 is 19.8 Å². The minimum atomic E-state index is -1.26. The topological polar surface area (TPSA) is 74.6 Å². The molecule has 0 unspecified atom stereocenters. The van der Waals surface area contributed by atoms with Crippen LogP contribution in [0.5, 0.6) is 0 Å². The van der Waals surface area contributed by atoms with Gasteiger partial charge in [0.25, 0.3) is 0 Å². The first kappa shape index (κ1) is 26.7. The van der Waals surface area contributed by atoms with E-state index in [2.05, 4.69) is 13.8 Å². The van der Waals surface area contributed by atoms with Crippen molar-refractivity contribution in [3.63, 3.8) is 0 Å². The molecule has 0 amide bonds. The number of carboxylic acids is 2. The molecule has 0 aromatic carbocycles. The molecular formula is C20H38O4Sb. The first-order chi connectivity index (χ1) is 12.0. The summed E-state index contributed by atoms with van der Waals surface area (Å²) in [4.78, 5) is 19.1. The van der Waals surface area contributed by atoms with Crippen LogP contribution in [0.25, 0.3) is 0 Å². The normalized spacial score (nSPS) is 10.5. The number of hydrogen-bond donors (Lipinski definition) is 2. The molecule has 25 heavy (non-hydrogen) atoms. The molecule has 0 saturated heterocycles. The van der Waals surface area contributed by atoms with E-state index in [0.29, 0.717) is 12.2 Å². The Bertz CT molecular complexity index is 300. The van der Waals surface area contributed by atoms with Gasteiger partial charge in [0.1, 0.15) is 0 Å². The average Bonchev–Trinajstić information content (AvgIpc) is 2.58. The molecule has 2 N–H and O–H groups in total. The smallest absolute Gasteiger partial charge is 0.328 e. The molecule has 0 aliphatic carbocycles. The summed E-state index contributed by atoms with van der Waals surface area (Å²) >= 11 is 0.240.